The fourth-order valence-corrected chi connectivity index (χ4v) is 3.74. The number of ether oxygens (including phenoxy) is 2. The molecule has 2 fully saturated rings. The monoisotopic (exact) mass is 337 g/mol. The summed E-state index contributed by atoms with van der Waals surface area (Å²) in [6, 6.07) is 4.41. The number of rotatable bonds is 1. The summed E-state index contributed by atoms with van der Waals surface area (Å²) >= 11 is 3.67. The Morgan fingerprint density at radius 2 is 2.05 bits per heavy atom. The number of hydrogen-bond acceptors (Lipinski definition) is 3. The average molecular weight is 338 g/mol. The lowest BCUT2D eigenvalue weighted by Crippen LogP contribution is -2.28. The van der Waals surface area contributed by atoms with E-state index in [1.807, 2.05) is 0 Å². The van der Waals surface area contributed by atoms with Crippen LogP contribution in [0, 0.1) is 5.41 Å². The molecule has 0 bridgehead atoms. The normalized spacial score (nSPS) is 27.1. The molecular formula is C16H20BrNO2. The van der Waals surface area contributed by atoms with Gasteiger partial charge in [-0.25, -0.2) is 0 Å². The molecule has 1 atom stereocenters. The lowest BCUT2D eigenvalue weighted by Gasteiger charge is -2.24. The first kappa shape index (κ1) is 13.0. The van der Waals surface area contributed by atoms with Crippen molar-refractivity contribution in [1.82, 2.24) is 5.32 Å². The second kappa shape index (κ2) is 4.92. The summed E-state index contributed by atoms with van der Waals surface area (Å²) in [7, 11) is 0. The minimum Gasteiger partial charge on any atom is -0.489 e. The highest BCUT2D eigenvalue weighted by Crippen LogP contribution is 2.50. The summed E-state index contributed by atoms with van der Waals surface area (Å²) in [6.45, 7) is 3.81. The van der Waals surface area contributed by atoms with Crippen LogP contribution in [-0.2, 0) is 0 Å². The van der Waals surface area contributed by atoms with Crippen molar-refractivity contribution in [3.63, 3.8) is 0 Å². The van der Waals surface area contributed by atoms with Gasteiger partial charge in [0.25, 0.3) is 0 Å². The van der Waals surface area contributed by atoms with E-state index in [4.69, 9.17) is 9.47 Å². The van der Waals surface area contributed by atoms with Gasteiger partial charge in [-0.1, -0.05) is 0 Å². The third-order valence-electron chi connectivity index (χ3n) is 4.81. The van der Waals surface area contributed by atoms with E-state index in [1.54, 1.807) is 0 Å². The fraction of sp³-hybridized carbons (Fsp3) is 0.625. The summed E-state index contributed by atoms with van der Waals surface area (Å²) in [6.07, 6.45) is 4.97. The summed E-state index contributed by atoms with van der Waals surface area (Å²) in [5.74, 6) is 2.40. The number of nitrogens with one attached hydrogen (secondary N) is 1. The molecule has 1 aromatic carbocycles. The molecular weight excluding hydrogens is 318 g/mol. The maximum Gasteiger partial charge on any atom is 0.175 e. The lowest BCUT2D eigenvalue weighted by atomic mass is 9.91. The smallest absolute Gasteiger partial charge is 0.175 e. The standard InChI is InChI=1S/C16H20BrNO2/c17-13-6-12(11-2-1-5-18-8-11)7-14-15(13)20-10-16(3-4-16)9-19-14/h6-7,11,18H,1-5,8-10H2. The molecule has 1 aromatic rings. The number of benzene rings is 1. The van der Waals surface area contributed by atoms with Crippen LogP contribution in [0.3, 0.4) is 0 Å². The molecule has 4 rings (SSSR count). The Kier molecular flexibility index (Phi) is 3.19. The van der Waals surface area contributed by atoms with Gasteiger partial charge in [0.15, 0.2) is 11.5 Å². The zero-order chi connectivity index (χ0) is 13.6. The first-order valence-corrected chi connectivity index (χ1v) is 8.35. The Labute approximate surface area is 128 Å². The second-order valence-corrected chi connectivity index (χ2v) is 7.30. The molecule has 2 aliphatic heterocycles. The predicted molar refractivity (Wildman–Crippen MR) is 81.6 cm³/mol. The minimum absolute atomic E-state index is 0.297. The average Bonchev–Trinajstić information content (AvgIpc) is 3.27. The molecule has 1 saturated heterocycles. The Hall–Kier alpha value is -0.740. The summed E-state index contributed by atoms with van der Waals surface area (Å²) in [5, 5.41) is 3.48. The SMILES string of the molecule is Brc1cc(C2CCCNC2)cc2c1OCC1(CC1)CO2. The molecule has 2 heterocycles. The van der Waals surface area contributed by atoms with E-state index < -0.39 is 0 Å². The number of hydrogen-bond donors (Lipinski definition) is 1. The molecule has 1 saturated carbocycles. The van der Waals surface area contributed by atoms with Gasteiger partial charge in [0.2, 0.25) is 0 Å². The molecule has 3 nitrogen and oxygen atoms in total. The van der Waals surface area contributed by atoms with Crippen LogP contribution in [0.5, 0.6) is 11.5 Å². The van der Waals surface area contributed by atoms with E-state index in [0.717, 1.165) is 42.3 Å². The van der Waals surface area contributed by atoms with Crippen LogP contribution in [0.1, 0.15) is 37.2 Å². The van der Waals surface area contributed by atoms with Crippen LogP contribution in [0.25, 0.3) is 0 Å². The largest absolute Gasteiger partial charge is 0.489 e. The Morgan fingerprint density at radius 3 is 2.80 bits per heavy atom. The van der Waals surface area contributed by atoms with Crippen LogP contribution in [0.2, 0.25) is 0 Å². The van der Waals surface area contributed by atoms with Gasteiger partial charge >= 0.3 is 0 Å². The van der Waals surface area contributed by atoms with Gasteiger partial charge < -0.3 is 14.8 Å². The maximum atomic E-state index is 6.06. The van der Waals surface area contributed by atoms with Crippen LogP contribution in [0.15, 0.2) is 16.6 Å². The van der Waals surface area contributed by atoms with Crippen molar-refractivity contribution in [1.29, 1.82) is 0 Å². The molecule has 20 heavy (non-hydrogen) atoms. The predicted octanol–water partition coefficient (Wildman–Crippen LogP) is 3.47. The first-order chi connectivity index (χ1) is 9.76. The van der Waals surface area contributed by atoms with Gasteiger partial charge in [0.1, 0.15) is 0 Å². The van der Waals surface area contributed by atoms with Crippen molar-refractivity contribution in [3.8, 4) is 11.5 Å². The first-order valence-electron chi connectivity index (χ1n) is 7.56. The lowest BCUT2D eigenvalue weighted by molar-refractivity contribution is 0.196. The van der Waals surface area contributed by atoms with Crippen molar-refractivity contribution >= 4 is 15.9 Å². The highest BCUT2D eigenvalue weighted by Gasteiger charge is 2.46. The van der Waals surface area contributed by atoms with Gasteiger partial charge in [-0.3, -0.25) is 0 Å². The summed E-state index contributed by atoms with van der Waals surface area (Å²) in [5.41, 5.74) is 1.66. The number of halogens is 1. The molecule has 108 valence electrons. The molecule has 0 aromatic heterocycles. The van der Waals surface area contributed by atoms with Gasteiger partial charge in [0.05, 0.1) is 17.7 Å². The fourth-order valence-electron chi connectivity index (χ4n) is 3.17. The number of piperidine rings is 1. The zero-order valence-corrected chi connectivity index (χ0v) is 13.2. The van der Waals surface area contributed by atoms with Gasteiger partial charge in [-0.2, -0.15) is 0 Å². The summed E-state index contributed by atoms with van der Waals surface area (Å²) in [4.78, 5) is 0. The van der Waals surface area contributed by atoms with Crippen LogP contribution >= 0.6 is 15.9 Å². The Balaban J connectivity index is 1.64. The third-order valence-corrected chi connectivity index (χ3v) is 5.40. The zero-order valence-electron chi connectivity index (χ0n) is 11.6. The topological polar surface area (TPSA) is 30.5 Å². The molecule has 1 spiro atoms. The van der Waals surface area contributed by atoms with Crippen molar-refractivity contribution in [3.05, 3.63) is 22.2 Å². The molecule has 0 radical (unpaired) electrons. The van der Waals surface area contributed by atoms with E-state index in [2.05, 4.69) is 33.4 Å². The minimum atomic E-state index is 0.297. The van der Waals surface area contributed by atoms with E-state index >= 15 is 0 Å². The second-order valence-electron chi connectivity index (χ2n) is 6.45. The molecule has 0 amide bonds. The molecule has 3 aliphatic rings. The molecule has 4 heteroatoms. The molecule has 1 N–H and O–H groups in total. The van der Waals surface area contributed by atoms with E-state index in [0.29, 0.717) is 11.3 Å². The van der Waals surface area contributed by atoms with E-state index in [9.17, 15) is 0 Å². The third kappa shape index (κ3) is 2.33. The molecule has 1 aliphatic carbocycles. The Morgan fingerprint density at radius 1 is 1.20 bits per heavy atom. The van der Waals surface area contributed by atoms with Gasteiger partial charge in [-0.15, -0.1) is 0 Å². The van der Waals surface area contributed by atoms with E-state index in [-0.39, 0.29) is 0 Å². The quantitative estimate of drug-likeness (QED) is 0.851. The van der Waals surface area contributed by atoms with Crippen molar-refractivity contribution in [2.45, 2.75) is 31.6 Å². The highest BCUT2D eigenvalue weighted by molar-refractivity contribution is 9.10. The van der Waals surface area contributed by atoms with Crippen LogP contribution in [-0.4, -0.2) is 26.3 Å². The number of fused-ring (bicyclic) bond motifs is 1. The van der Waals surface area contributed by atoms with Gasteiger partial charge in [-0.05, 0) is 71.8 Å². The van der Waals surface area contributed by atoms with Crippen LogP contribution in [0.4, 0.5) is 0 Å². The van der Waals surface area contributed by atoms with Gasteiger partial charge in [0, 0.05) is 12.0 Å². The van der Waals surface area contributed by atoms with Crippen LogP contribution < -0.4 is 14.8 Å². The van der Waals surface area contributed by atoms with Crippen molar-refractivity contribution in [2.24, 2.45) is 5.41 Å². The summed E-state index contributed by atoms with van der Waals surface area (Å²) < 4.78 is 13.1. The van der Waals surface area contributed by atoms with Crippen molar-refractivity contribution < 1.29 is 9.47 Å². The Bertz CT molecular complexity index is 521. The maximum absolute atomic E-state index is 6.06. The highest BCUT2D eigenvalue weighted by atomic mass is 79.9. The van der Waals surface area contributed by atoms with Crippen molar-refractivity contribution in [2.75, 3.05) is 26.3 Å². The van der Waals surface area contributed by atoms with E-state index in [1.165, 1.54) is 31.2 Å². The molecule has 1 unspecified atom stereocenters.